The Balaban J connectivity index is 1.43. The van der Waals surface area contributed by atoms with Crippen molar-refractivity contribution in [3.63, 3.8) is 0 Å². The van der Waals surface area contributed by atoms with Gasteiger partial charge in [-0.1, -0.05) is 57.2 Å². The maximum atomic E-state index is 14.5. The van der Waals surface area contributed by atoms with Crippen LogP contribution >= 0.6 is 19.3 Å². The summed E-state index contributed by atoms with van der Waals surface area (Å²) in [6, 6.07) is 11.7. The molecule has 1 fully saturated rings. The van der Waals surface area contributed by atoms with Gasteiger partial charge in [-0.2, -0.15) is 15.1 Å². The molecule has 5 atom stereocenters. The second kappa shape index (κ2) is 12.4. The van der Waals surface area contributed by atoms with Crippen molar-refractivity contribution in [3.8, 4) is 5.75 Å². The fourth-order valence-electron chi connectivity index (χ4n) is 4.63. The van der Waals surface area contributed by atoms with Crippen molar-refractivity contribution in [3.05, 3.63) is 54.1 Å². The summed E-state index contributed by atoms with van der Waals surface area (Å²) >= 11 is 6.02. The minimum Gasteiger partial charge on any atom is -0.464 e. The molecule has 230 valence electrons. The van der Waals surface area contributed by atoms with Gasteiger partial charge < -0.3 is 24.8 Å². The van der Waals surface area contributed by atoms with Crippen molar-refractivity contribution in [2.45, 2.75) is 58.6 Å². The van der Waals surface area contributed by atoms with Crippen molar-refractivity contribution in [1.29, 1.82) is 0 Å². The van der Waals surface area contributed by atoms with Crippen LogP contribution in [0.1, 0.15) is 40.3 Å². The highest BCUT2D eigenvalue weighted by atomic mass is 35.5. The Morgan fingerprint density at radius 2 is 2.00 bits per heavy atom. The highest BCUT2D eigenvalue weighted by Gasteiger charge is 2.44. The van der Waals surface area contributed by atoms with E-state index in [-0.39, 0.29) is 35.3 Å². The van der Waals surface area contributed by atoms with Gasteiger partial charge in [-0.25, -0.2) is 9.55 Å². The Morgan fingerprint density at radius 1 is 1.26 bits per heavy atom. The first-order valence-corrected chi connectivity index (χ1v) is 15.6. The number of esters is 1. The number of hydrogen-bond donors (Lipinski definition) is 3. The van der Waals surface area contributed by atoms with E-state index in [1.54, 1.807) is 16.7 Å². The molecule has 5 rings (SSSR count). The van der Waals surface area contributed by atoms with Gasteiger partial charge in [0.05, 0.1) is 19.5 Å². The molecule has 43 heavy (non-hydrogen) atoms. The van der Waals surface area contributed by atoms with Gasteiger partial charge in [-0.05, 0) is 35.4 Å². The van der Waals surface area contributed by atoms with Gasteiger partial charge in [0, 0.05) is 11.8 Å². The third-order valence-electron chi connectivity index (χ3n) is 6.69. The van der Waals surface area contributed by atoms with Gasteiger partial charge >= 0.3 is 13.7 Å². The number of aliphatic hydroxyl groups is 1. The van der Waals surface area contributed by atoms with Crippen LogP contribution in [-0.2, 0) is 23.4 Å². The lowest BCUT2D eigenvalue weighted by Crippen LogP contribution is -2.38. The van der Waals surface area contributed by atoms with E-state index in [9.17, 15) is 14.5 Å². The molecule has 1 unspecified atom stereocenters. The fraction of sp³-hybridized carbons (Fsp3) is 0.429. The quantitative estimate of drug-likeness (QED) is 0.126. The molecule has 3 heterocycles. The summed E-state index contributed by atoms with van der Waals surface area (Å²) in [5.74, 6) is -0.246. The number of aromatic nitrogens is 4. The molecule has 1 saturated heterocycles. The first-order valence-electron chi connectivity index (χ1n) is 13.7. The van der Waals surface area contributed by atoms with Crippen LogP contribution < -0.4 is 15.3 Å². The number of benzene rings is 2. The number of hydrogen-bond acceptors (Lipinski definition) is 11. The zero-order chi connectivity index (χ0) is 30.9. The third kappa shape index (κ3) is 7.09. The van der Waals surface area contributed by atoms with E-state index in [4.69, 9.17) is 35.9 Å². The average molecular weight is 633 g/mol. The molecule has 15 heteroatoms. The standard InChI is InChI=1S/C28H34ClN6O7P/c1-16(26(37)39-14-28(2,3)4)34-43(38,41-19-11-7-9-17-8-5-6-10-18(17)19)42-20-12-22(40-21(20)13-36)35-15-31-23-24(30)32-27(29)33-25(23)35/h5-11,15-16,20-22,36H,12-14H2,1-4H3,(H,34,38)(H2,30,32,33)/t16-,20+,21+,22+,43?/m0/s1. The molecule has 13 nitrogen and oxygen atoms in total. The number of nitrogens with two attached hydrogens (primary N) is 1. The Hall–Kier alpha value is -3.32. The molecule has 0 aliphatic carbocycles. The Labute approximate surface area is 253 Å². The number of ether oxygens (including phenoxy) is 2. The highest BCUT2D eigenvalue weighted by molar-refractivity contribution is 7.52. The Bertz CT molecular complexity index is 1670. The van der Waals surface area contributed by atoms with E-state index < -0.39 is 44.8 Å². The molecule has 2 aromatic heterocycles. The molecule has 1 aliphatic rings. The SMILES string of the molecule is C[C@H](NP(=O)(Oc1cccc2ccccc12)O[C@@H]1C[C@H](n2cnc3c(N)nc(Cl)nc32)O[C@@H]1CO)C(=O)OCC(C)(C)C. The fourth-order valence-corrected chi connectivity index (χ4v) is 6.54. The van der Waals surface area contributed by atoms with Crippen LogP contribution in [0.3, 0.4) is 0 Å². The molecule has 1 aliphatic heterocycles. The number of rotatable bonds is 10. The summed E-state index contributed by atoms with van der Waals surface area (Å²) in [5.41, 5.74) is 6.33. The smallest absolute Gasteiger partial charge is 0.459 e. The zero-order valence-electron chi connectivity index (χ0n) is 24.1. The third-order valence-corrected chi connectivity index (χ3v) is 8.54. The van der Waals surface area contributed by atoms with Crippen molar-refractivity contribution in [2.75, 3.05) is 18.9 Å². The number of nitrogens with one attached hydrogen (secondary N) is 1. The molecule has 2 aromatic carbocycles. The summed E-state index contributed by atoms with van der Waals surface area (Å²) in [6.07, 6.45) is -1.01. The average Bonchev–Trinajstić information content (AvgIpc) is 3.55. The van der Waals surface area contributed by atoms with E-state index in [1.807, 2.05) is 51.1 Å². The number of anilines is 1. The second-order valence-electron chi connectivity index (χ2n) is 11.5. The molecular weight excluding hydrogens is 599 g/mol. The van der Waals surface area contributed by atoms with Gasteiger partial charge in [-0.15, -0.1) is 0 Å². The molecule has 0 bridgehead atoms. The number of nitrogens with zero attached hydrogens (tertiary/aromatic N) is 4. The summed E-state index contributed by atoms with van der Waals surface area (Å²) < 4.78 is 39.7. The predicted octanol–water partition coefficient (Wildman–Crippen LogP) is 4.63. The molecule has 4 aromatic rings. The molecule has 0 amide bonds. The van der Waals surface area contributed by atoms with Crippen LogP contribution in [0.15, 0.2) is 48.8 Å². The molecule has 0 saturated carbocycles. The first kappa shape index (κ1) is 31.1. The van der Waals surface area contributed by atoms with Gasteiger partial charge in [-0.3, -0.25) is 13.9 Å². The van der Waals surface area contributed by atoms with Gasteiger partial charge in [0.2, 0.25) is 5.28 Å². The number of carbonyl (C=O) groups excluding carboxylic acids is 1. The largest absolute Gasteiger partial charge is 0.464 e. The van der Waals surface area contributed by atoms with Gasteiger partial charge in [0.1, 0.15) is 35.7 Å². The van der Waals surface area contributed by atoms with Crippen LogP contribution in [0.2, 0.25) is 5.28 Å². The lowest BCUT2D eigenvalue weighted by atomic mass is 9.99. The van der Waals surface area contributed by atoms with E-state index >= 15 is 0 Å². The summed E-state index contributed by atoms with van der Waals surface area (Å²) in [5, 5.41) is 14.4. The lowest BCUT2D eigenvalue weighted by Gasteiger charge is -2.27. The summed E-state index contributed by atoms with van der Waals surface area (Å²) in [4.78, 5) is 25.2. The van der Waals surface area contributed by atoms with Crippen LogP contribution in [-0.4, -0.2) is 62.1 Å². The highest BCUT2D eigenvalue weighted by Crippen LogP contribution is 2.50. The number of carbonyl (C=O) groups is 1. The lowest BCUT2D eigenvalue weighted by molar-refractivity contribution is -0.148. The molecule has 4 N–H and O–H groups in total. The van der Waals surface area contributed by atoms with E-state index in [0.717, 1.165) is 5.39 Å². The first-order chi connectivity index (χ1) is 20.4. The van der Waals surface area contributed by atoms with Crippen LogP contribution in [0, 0.1) is 5.41 Å². The normalized spacial score (nSPS) is 21.1. The molecular formula is C28H34ClN6O7P. The predicted molar refractivity (Wildman–Crippen MR) is 160 cm³/mol. The topological polar surface area (TPSA) is 173 Å². The number of nitrogen functional groups attached to an aromatic ring is 1. The summed E-state index contributed by atoms with van der Waals surface area (Å²) in [7, 11) is -4.32. The minimum absolute atomic E-state index is 0.0687. The minimum atomic E-state index is -4.32. The molecule has 0 radical (unpaired) electrons. The van der Waals surface area contributed by atoms with Gasteiger partial charge in [0.25, 0.3) is 0 Å². The Morgan fingerprint density at radius 3 is 2.74 bits per heavy atom. The van der Waals surface area contributed by atoms with E-state index in [2.05, 4.69) is 20.0 Å². The number of aliphatic hydroxyl groups excluding tert-OH is 1. The van der Waals surface area contributed by atoms with Crippen LogP contribution in [0.5, 0.6) is 5.75 Å². The maximum absolute atomic E-state index is 14.5. The number of fused-ring (bicyclic) bond motifs is 2. The Kier molecular flexibility index (Phi) is 8.94. The number of halogens is 1. The van der Waals surface area contributed by atoms with E-state index in [0.29, 0.717) is 16.6 Å². The zero-order valence-corrected chi connectivity index (χ0v) is 25.8. The van der Waals surface area contributed by atoms with E-state index in [1.165, 1.54) is 13.3 Å². The second-order valence-corrected chi connectivity index (χ2v) is 13.5. The number of imidazole rings is 1. The van der Waals surface area contributed by atoms with Crippen molar-refractivity contribution in [2.24, 2.45) is 5.41 Å². The van der Waals surface area contributed by atoms with Crippen molar-refractivity contribution in [1.82, 2.24) is 24.6 Å². The van der Waals surface area contributed by atoms with Crippen LogP contribution in [0.4, 0.5) is 5.82 Å². The van der Waals surface area contributed by atoms with Crippen molar-refractivity contribution >= 4 is 53.1 Å². The van der Waals surface area contributed by atoms with Crippen molar-refractivity contribution < 1.29 is 33.0 Å². The monoisotopic (exact) mass is 632 g/mol. The maximum Gasteiger partial charge on any atom is 0.459 e. The molecule has 0 spiro atoms. The summed E-state index contributed by atoms with van der Waals surface area (Å²) in [6.45, 7) is 7.01. The van der Waals surface area contributed by atoms with Crippen LogP contribution in [0.25, 0.3) is 21.9 Å². The van der Waals surface area contributed by atoms with Gasteiger partial charge in [0.15, 0.2) is 11.5 Å².